The number of carbonyl (C=O) groups is 1. The summed E-state index contributed by atoms with van der Waals surface area (Å²) < 4.78 is 11.6. The van der Waals surface area contributed by atoms with Gasteiger partial charge in [0.2, 0.25) is 5.60 Å². The number of fused-ring (bicyclic) bond motifs is 1. The number of aliphatic hydroxyl groups is 1. The van der Waals surface area contributed by atoms with Crippen LogP contribution in [0.15, 0.2) is 35.0 Å². The molecule has 1 saturated heterocycles. The lowest BCUT2D eigenvalue weighted by Gasteiger charge is -2.28. The topological polar surface area (TPSA) is 59.1 Å². The molecule has 1 aliphatic carbocycles. The summed E-state index contributed by atoms with van der Waals surface area (Å²) in [6, 6.07) is 7.25. The molecule has 1 unspecified atom stereocenters. The van der Waals surface area contributed by atoms with E-state index >= 15 is 0 Å². The molecule has 0 amide bonds. The van der Waals surface area contributed by atoms with Gasteiger partial charge in [-0.2, -0.15) is 0 Å². The Hall–Kier alpha value is -1.21. The van der Waals surface area contributed by atoms with Crippen LogP contribution in [0.5, 0.6) is 0 Å². The van der Waals surface area contributed by atoms with Crippen LogP contribution in [0.3, 0.4) is 0 Å². The maximum atomic E-state index is 13.1. The molecule has 0 spiro atoms. The van der Waals surface area contributed by atoms with E-state index in [2.05, 4.69) is 13.8 Å². The average Bonchev–Trinajstić information content (AvgIpc) is 3.01. The third-order valence-electron chi connectivity index (χ3n) is 5.28. The van der Waals surface area contributed by atoms with Crippen LogP contribution in [-0.2, 0) is 19.9 Å². The van der Waals surface area contributed by atoms with Gasteiger partial charge >= 0.3 is 5.97 Å². The van der Waals surface area contributed by atoms with Crippen molar-refractivity contribution in [3.05, 3.63) is 44.8 Å². The summed E-state index contributed by atoms with van der Waals surface area (Å²) in [5.41, 5.74) is -1.72. The molecule has 1 N–H and O–H groups in total. The molecule has 134 valence electrons. The zero-order valence-electron chi connectivity index (χ0n) is 14.3. The van der Waals surface area contributed by atoms with Gasteiger partial charge in [0.05, 0.1) is 22.0 Å². The van der Waals surface area contributed by atoms with E-state index in [1.54, 1.807) is 12.1 Å². The molecular weight excluding hydrogens is 356 g/mol. The highest BCUT2D eigenvalue weighted by molar-refractivity contribution is 7.12. The smallest absolute Gasteiger partial charge is 0.349 e. The van der Waals surface area contributed by atoms with Crippen molar-refractivity contribution in [1.29, 1.82) is 0 Å². The number of rotatable bonds is 4. The molecule has 1 saturated carbocycles. The summed E-state index contributed by atoms with van der Waals surface area (Å²) in [6.45, 7) is 4.29. The van der Waals surface area contributed by atoms with Crippen LogP contribution >= 0.6 is 22.7 Å². The first kappa shape index (κ1) is 17.2. The third-order valence-corrected chi connectivity index (χ3v) is 7.23. The van der Waals surface area contributed by atoms with Crippen LogP contribution in [0.4, 0.5) is 0 Å². The Morgan fingerprint density at radius 1 is 1.12 bits per heavy atom. The van der Waals surface area contributed by atoms with E-state index in [9.17, 15) is 9.90 Å². The van der Waals surface area contributed by atoms with Gasteiger partial charge < -0.3 is 14.6 Å². The number of esters is 1. The first-order valence-corrected chi connectivity index (χ1v) is 10.4. The second-order valence-electron chi connectivity index (χ2n) is 7.18. The van der Waals surface area contributed by atoms with Gasteiger partial charge in [-0.15, -0.1) is 22.7 Å². The Bertz CT molecular complexity index is 674. The highest BCUT2D eigenvalue weighted by atomic mass is 32.1. The normalized spacial score (nSPS) is 31.9. The molecule has 0 aromatic carbocycles. The van der Waals surface area contributed by atoms with E-state index in [-0.39, 0.29) is 6.10 Å². The minimum Gasteiger partial charge on any atom is -0.460 e. The van der Waals surface area contributed by atoms with Crippen LogP contribution in [0.2, 0.25) is 0 Å². The van der Waals surface area contributed by atoms with Crippen molar-refractivity contribution in [3.8, 4) is 0 Å². The van der Waals surface area contributed by atoms with Crippen molar-refractivity contribution in [1.82, 2.24) is 0 Å². The predicted molar refractivity (Wildman–Crippen MR) is 97.7 cm³/mol. The largest absolute Gasteiger partial charge is 0.460 e. The molecule has 2 aliphatic rings. The quantitative estimate of drug-likeness (QED) is 0.650. The summed E-state index contributed by atoms with van der Waals surface area (Å²) in [6.07, 6.45) is 1.98. The molecule has 6 heteroatoms. The molecule has 2 fully saturated rings. The monoisotopic (exact) mass is 378 g/mol. The molecule has 1 aliphatic heterocycles. The molecule has 2 aromatic heterocycles. The number of hydrogen-bond acceptors (Lipinski definition) is 6. The molecule has 2 aromatic rings. The summed E-state index contributed by atoms with van der Waals surface area (Å²) >= 11 is 2.73. The number of epoxide rings is 1. The summed E-state index contributed by atoms with van der Waals surface area (Å²) in [5, 5.41) is 15.0. The third kappa shape index (κ3) is 3.05. The molecule has 5 atom stereocenters. The second kappa shape index (κ2) is 6.50. The van der Waals surface area contributed by atoms with Crippen molar-refractivity contribution in [2.24, 2.45) is 11.8 Å². The zero-order chi connectivity index (χ0) is 17.6. The number of hydrogen-bond donors (Lipinski definition) is 1. The average molecular weight is 379 g/mol. The highest BCUT2D eigenvalue weighted by Crippen LogP contribution is 2.44. The fraction of sp³-hybridized carbons (Fsp3) is 0.526. The van der Waals surface area contributed by atoms with E-state index in [1.165, 1.54) is 22.7 Å². The summed E-state index contributed by atoms with van der Waals surface area (Å²) in [7, 11) is 0. The van der Waals surface area contributed by atoms with Gasteiger partial charge in [-0.1, -0.05) is 26.0 Å². The van der Waals surface area contributed by atoms with Crippen molar-refractivity contribution in [3.63, 3.8) is 0 Å². The molecule has 25 heavy (non-hydrogen) atoms. The van der Waals surface area contributed by atoms with Crippen molar-refractivity contribution in [2.45, 2.75) is 50.6 Å². The van der Waals surface area contributed by atoms with Gasteiger partial charge in [0, 0.05) is 0 Å². The van der Waals surface area contributed by atoms with E-state index < -0.39 is 11.6 Å². The SMILES string of the molecule is C[C@@H]1CC(OC(=O)C(O)(c2cccs2)c2cccs2)C[C@H](C)[C@@H]2O[C@@H]21. The molecule has 3 heterocycles. The van der Waals surface area contributed by atoms with Crippen molar-refractivity contribution >= 4 is 28.6 Å². The number of carbonyl (C=O) groups excluding carboxylic acids is 1. The van der Waals surface area contributed by atoms with Crippen LogP contribution in [0.1, 0.15) is 36.4 Å². The van der Waals surface area contributed by atoms with Gasteiger partial charge in [0.1, 0.15) is 6.10 Å². The zero-order valence-corrected chi connectivity index (χ0v) is 15.9. The van der Waals surface area contributed by atoms with E-state index in [0.29, 0.717) is 33.8 Å². The Labute approximate surface area is 155 Å². The fourth-order valence-corrected chi connectivity index (χ4v) is 5.58. The lowest BCUT2D eigenvalue weighted by atomic mass is 9.98. The van der Waals surface area contributed by atoms with Gasteiger partial charge in [0.25, 0.3) is 0 Å². The number of thiophene rings is 2. The first-order chi connectivity index (χ1) is 12.0. The fourth-order valence-electron chi connectivity index (χ4n) is 3.87. The Morgan fingerprint density at radius 2 is 1.64 bits per heavy atom. The van der Waals surface area contributed by atoms with Gasteiger partial charge in [-0.05, 0) is 47.6 Å². The van der Waals surface area contributed by atoms with E-state index in [0.717, 1.165) is 12.8 Å². The van der Waals surface area contributed by atoms with Crippen LogP contribution in [-0.4, -0.2) is 29.4 Å². The van der Waals surface area contributed by atoms with Gasteiger partial charge in [0.15, 0.2) is 0 Å². The van der Waals surface area contributed by atoms with Crippen LogP contribution < -0.4 is 0 Å². The molecule has 0 bridgehead atoms. The van der Waals surface area contributed by atoms with Crippen molar-refractivity contribution < 1.29 is 19.4 Å². The summed E-state index contributed by atoms with van der Waals surface area (Å²) in [5.74, 6) is 0.159. The summed E-state index contributed by atoms with van der Waals surface area (Å²) in [4.78, 5) is 14.3. The second-order valence-corrected chi connectivity index (χ2v) is 9.08. The number of ether oxygens (including phenoxy) is 2. The maximum Gasteiger partial charge on any atom is 0.349 e. The molecule has 4 rings (SSSR count). The Kier molecular flexibility index (Phi) is 4.48. The Morgan fingerprint density at radius 3 is 2.08 bits per heavy atom. The van der Waals surface area contributed by atoms with E-state index in [4.69, 9.17) is 9.47 Å². The maximum absolute atomic E-state index is 13.1. The Balaban J connectivity index is 1.57. The minimum absolute atomic E-state index is 0.180. The van der Waals surface area contributed by atoms with Gasteiger partial charge in [-0.25, -0.2) is 4.79 Å². The standard InChI is InChI=1S/C19H22O4S2/c1-11-9-13(10-12(2)17-16(11)23-17)22-18(20)19(21,14-5-3-7-24-14)15-6-4-8-25-15/h3-8,11-13,16-17,21H,9-10H2,1-2H3/t11-,12+,13?,16-,17+. The van der Waals surface area contributed by atoms with E-state index in [1.807, 2.05) is 22.9 Å². The van der Waals surface area contributed by atoms with Crippen LogP contribution in [0, 0.1) is 11.8 Å². The van der Waals surface area contributed by atoms with Gasteiger partial charge in [-0.3, -0.25) is 0 Å². The van der Waals surface area contributed by atoms with Crippen LogP contribution in [0.25, 0.3) is 0 Å². The van der Waals surface area contributed by atoms with Crippen molar-refractivity contribution in [2.75, 3.05) is 0 Å². The lowest BCUT2D eigenvalue weighted by molar-refractivity contribution is -0.169. The molecular formula is C19H22O4S2. The lowest BCUT2D eigenvalue weighted by Crippen LogP contribution is -2.39. The molecule has 4 nitrogen and oxygen atoms in total. The minimum atomic E-state index is -1.72. The molecule has 0 radical (unpaired) electrons. The highest BCUT2D eigenvalue weighted by Gasteiger charge is 2.51. The predicted octanol–water partition coefficient (Wildman–Crippen LogP) is 3.79. The first-order valence-electron chi connectivity index (χ1n) is 8.67.